The van der Waals surface area contributed by atoms with E-state index in [4.69, 9.17) is 9.47 Å². The molecule has 27 heavy (non-hydrogen) atoms. The molecule has 0 aliphatic heterocycles. The predicted octanol–water partition coefficient (Wildman–Crippen LogP) is 1.28. The van der Waals surface area contributed by atoms with Gasteiger partial charge in [-0.15, -0.1) is 0 Å². The lowest BCUT2D eigenvalue weighted by atomic mass is 10.2. The molecule has 9 nitrogen and oxygen atoms in total. The average molecular weight is 370 g/mol. The van der Waals surface area contributed by atoms with Crippen molar-refractivity contribution in [1.29, 1.82) is 0 Å². The largest absolute Gasteiger partial charge is 0.493 e. The normalized spacial score (nSPS) is 10.6. The Hall–Kier alpha value is -3.62. The first-order chi connectivity index (χ1) is 12.9. The highest BCUT2D eigenvalue weighted by Gasteiger charge is 2.13. The molecule has 0 bridgehead atoms. The zero-order chi connectivity index (χ0) is 19.6. The number of carbonyl (C=O) groups excluding carboxylic acids is 1. The molecule has 1 amide bonds. The molecule has 1 aromatic carbocycles. The van der Waals surface area contributed by atoms with Gasteiger partial charge >= 0.3 is 5.69 Å². The van der Waals surface area contributed by atoms with Gasteiger partial charge in [0.15, 0.2) is 11.5 Å². The summed E-state index contributed by atoms with van der Waals surface area (Å²) in [7, 11) is 2.99. The number of aromatic amines is 1. The summed E-state index contributed by atoms with van der Waals surface area (Å²) < 4.78 is 11.9. The van der Waals surface area contributed by atoms with Crippen molar-refractivity contribution in [3.8, 4) is 11.5 Å². The van der Waals surface area contributed by atoms with E-state index >= 15 is 0 Å². The number of methoxy groups -OCH3 is 1. The van der Waals surface area contributed by atoms with E-state index in [9.17, 15) is 14.4 Å². The number of carbonyl (C=O) groups is 1. The van der Waals surface area contributed by atoms with Gasteiger partial charge in [-0.05, 0) is 25.1 Å². The van der Waals surface area contributed by atoms with Gasteiger partial charge in [-0.25, -0.2) is 9.78 Å². The predicted molar refractivity (Wildman–Crippen MR) is 99.7 cm³/mol. The number of amides is 1. The third-order valence-corrected chi connectivity index (χ3v) is 3.94. The molecule has 0 saturated carbocycles. The number of ether oxygens (including phenoxy) is 2. The number of benzene rings is 1. The number of nitrogens with zero attached hydrogens (tertiary/aromatic N) is 2. The summed E-state index contributed by atoms with van der Waals surface area (Å²) in [6, 6.07) is 6.39. The zero-order valence-electron chi connectivity index (χ0n) is 15.0. The first-order valence-corrected chi connectivity index (χ1v) is 8.15. The van der Waals surface area contributed by atoms with Gasteiger partial charge in [-0.2, -0.15) is 0 Å². The van der Waals surface area contributed by atoms with Crippen molar-refractivity contribution in [2.75, 3.05) is 19.0 Å². The second-order valence-corrected chi connectivity index (χ2v) is 5.67. The smallest absolute Gasteiger partial charge is 0.329 e. The first kappa shape index (κ1) is 18.2. The Labute approximate surface area is 153 Å². The lowest BCUT2D eigenvalue weighted by molar-refractivity contribution is 0.102. The molecule has 3 rings (SSSR count). The number of aromatic nitrogens is 3. The third-order valence-electron chi connectivity index (χ3n) is 3.94. The SMILES string of the molecule is CCOc1ccc(NC(=O)c2cnc3c(c2)c(=O)[nH]c(=O)n3C)cc1OC. The summed E-state index contributed by atoms with van der Waals surface area (Å²) in [5.41, 5.74) is -0.297. The van der Waals surface area contributed by atoms with Crippen molar-refractivity contribution in [2.24, 2.45) is 7.05 Å². The maximum atomic E-state index is 12.5. The molecule has 3 aromatic rings. The minimum absolute atomic E-state index is 0.147. The number of hydrogen-bond acceptors (Lipinski definition) is 6. The highest BCUT2D eigenvalue weighted by atomic mass is 16.5. The number of aryl methyl sites for hydroxylation is 1. The summed E-state index contributed by atoms with van der Waals surface area (Å²) in [6.07, 6.45) is 1.31. The molecule has 0 fully saturated rings. The van der Waals surface area contributed by atoms with Gasteiger partial charge in [0, 0.05) is 25.0 Å². The van der Waals surface area contributed by atoms with Crippen molar-refractivity contribution in [1.82, 2.24) is 14.5 Å². The lowest BCUT2D eigenvalue weighted by Crippen LogP contribution is -2.29. The van der Waals surface area contributed by atoms with Crippen LogP contribution in [0.1, 0.15) is 17.3 Å². The van der Waals surface area contributed by atoms with Crippen molar-refractivity contribution >= 4 is 22.6 Å². The van der Waals surface area contributed by atoms with E-state index in [0.717, 1.165) is 0 Å². The second kappa shape index (κ2) is 7.32. The molecule has 2 aromatic heterocycles. The summed E-state index contributed by atoms with van der Waals surface area (Å²) in [5.74, 6) is 0.597. The summed E-state index contributed by atoms with van der Waals surface area (Å²) in [4.78, 5) is 42.4. The molecular weight excluding hydrogens is 352 g/mol. The molecule has 0 atom stereocenters. The molecule has 140 valence electrons. The van der Waals surface area contributed by atoms with Gasteiger partial charge in [0.2, 0.25) is 0 Å². The number of fused-ring (bicyclic) bond motifs is 1. The van der Waals surface area contributed by atoms with E-state index in [0.29, 0.717) is 23.8 Å². The Morgan fingerprint density at radius 3 is 2.74 bits per heavy atom. The van der Waals surface area contributed by atoms with Crippen LogP contribution in [0.15, 0.2) is 40.1 Å². The third kappa shape index (κ3) is 3.52. The van der Waals surface area contributed by atoms with Gasteiger partial charge in [-0.1, -0.05) is 0 Å². The van der Waals surface area contributed by atoms with Crippen LogP contribution in [0.2, 0.25) is 0 Å². The van der Waals surface area contributed by atoms with Crippen LogP contribution in [0.4, 0.5) is 5.69 Å². The van der Waals surface area contributed by atoms with E-state index < -0.39 is 17.2 Å². The van der Waals surface area contributed by atoms with Crippen LogP contribution < -0.4 is 26.0 Å². The quantitative estimate of drug-likeness (QED) is 0.699. The molecule has 2 heterocycles. The Balaban J connectivity index is 1.93. The fraction of sp³-hybridized carbons (Fsp3) is 0.222. The molecule has 2 N–H and O–H groups in total. The molecular formula is C18H18N4O5. The number of anilines is 1. The van der Waals surface area contributed by atoms with Gasteiger partial charge in [0.1, 0.15) is 5.65 Å². The summed E-state index contributed by atoms with van der Waals surface area (Å²) in [6.45, 7) is 2.35. The van der Waals surface area contributed by atoms with Gasteiger partial charge < -0.3 is 14.8 Å². The van der Waals surface area contributed by atoms with E-state index in [-0.39, 0.29) is 16.6 Å². The highest BCUT2D eigenvalue weighted by Crippen LogP contribution is 2.30. The molecule has 0 aliphatic rings. The number of pyridine rings is 1. The van der Waals surface area contributed by atoms with Crippen molar-refractivity contribution in [2.45, 2.75) is 6.92 Å². The van der Waals surface area contributed by atoms with Crippen LogP contribution in [0.3, 0.4) is 0 Å². The number of rotatable bonds is 5. The van der Waals surface area contributed by atoms with Crippen LogP contribution in [-0.2, 0) is 7.05 Å². The van der Waals surface area contributed by atoms with E-state index in [1.165, 1.54) is 31.0 Å². The molecule has 0 aliphatic carbocycles. The number of H-pyrrole nitrogens is 1. The Morgan fingerprint density at radius 2 is 2.04 bits per heavy atom. The number of hydrogen-bond donors (Lipinski definition) is 2. The Kier molecular flexibility index (Phi) is 4.93. The maximum absolute atomic E-state index is 12.5. The van der Waals surface area contributed by atoms with Crippen LogP contribution >= 0.6 is 0 Å². The maximum Gasteiger partial charge on any atom is 0.329 e. The average Bonchev–Trinajstić information content (AvgIpc) is 2.67. The van der Waals surface area contributed by atoms with Crippen molar-refractivity contribution in [3.63, 3.8) is 0 Å². The minimum Gasteiger partial charge on any atom is -0.493 e. The van der Waals surface area contributed by atoms with Crippen molar-refractivity contribution < 1.29 is 14.3 Å². The molecule has 0 spiro atoms. The fourth-order valence-electron chi connectivity index (χ4n) is 2.58. The van der Waals surface area contributed by atoms with Gasteiger partial charge in [-0.3, -0.25) is 19.1 Å². The van der Waals surface area contributed by atoms with E-state index in [1.54, 1.807) is 18.2 Å². The molecule has 0 unspecified atom stereocenters. The summed E-state index contributed by atoms with van der Waals surface area (Å²) >= 11 is 0. The van der Waals surface area contributed by atoms with Crippen molar-refractivity contribution in [3.05, 3.63) is 56.9 Å². The van der Waals surface area contributed by atoms with Crippen LogP contribution in [0.25, 0.3) is 11.0 Å². The summed E-state index contributed by atoms with van der Waals surface area (Å²) in [5, 5.41) is 2.86. The lowest BCUT2D eigenvalue weighted by Gasteiger charge is -2.12. The first-order valence-electron chi connectivity index (χ1n) is 8.15. The van der Waals surface area contributed by atoms with Crippen LogP contribution in [0, 0.1) is 0 Å². The van der Waals surface area contributed by atoms with Crippen LogP contribution in [0.5, 0.6) is 11.5 Å². The zero-order valence-corrected chi connectivity index (χ0v) is 15.0. The van der Waals surface area contributed by atoms with E-state index in [2.05, 4.69) is 15.3 Å². The minimum atomic E-state index is -0.599. The second-order valence-electron chi connectivity index (χ2n) is 5.67. The Bertz CT molecular complexity index is 1130. The van der Waals surface area contributed by atoms with Gasteiger partial charge in [0.05, 0.1) is 24.7 Å². The number of nitrogens with one attached hydrogen (secondary N) is 2. The monoisotopic (exact) mass is 370 g/mol. The topological polar surface area (TPSA) is 115 Å². The molecule has 0 saturated heterocycles. The van der Waals surface area contributed by atoms with Crippen LogP contribution in [-0.4, -0.2) is 34.2 Å². The van der Waals surface area contributed by atoms with E-state index in [1.807, 2.05) is 6.92 Å². The molecule has 0 radical (unpaired) electrons. The highest BCUT2D eigenvalue weighted by molar-refractivity contribution is 6.05. The Morgan fingerprint density at radius 1 is 1.26 bits per heavy atom. The fourth-order valence-corrected chi connectivity index (χ4v) is 2.58. The van der Waals surface area contributed by atoms with Gasteiger partial charge in [0.25, 0.3) is 11.5 Å². The standard InChI is InChI=1S/C18H18N4O5/c1-4-27-13-6-5-11(8-14(13)26-3)20-16(23)10-7-12-15(19-9-10)22(2)18(25)21-17(12)24/h5-9H,4H2,1-3H3,(H,20,23)(H,21,24,25). The molecule has 9 heteroatoms.